The first-order chi connectivity index (χ1) is 24.7. The number of aryl methyl sites for hydroxylation is 2. The number of fused-ring (bicyclic) bond motifs is 4. The average Bonchev–Trinajstić information content (AvgIpc) is 3.74. The Morgan fingerprint density at radius 2 is 0.820 bits per heavy atom. The molecular formula is C46H32N4. The van der Waals surface area contributed by atoms with E-state index >= 15 is 0 Å². The van der Waals surface area contributed by atoms with Crippen molar-refractivity contribution in [2.75, 3.05) is 0 Å². The van der Waals surface area contributed by atoms with Gasteiger partial charge in [-0.3, -0.25) is 9.13 Å². The second-order valence-electron chi connectivity index (χ2n) is 13.5. The lowest BCUT2D eigenvalue weighted by Crippen LogP contribution is -2.01. The Hall–Kier alpha value is -6.26. The highest BCUT2D eigenvalue weighted by molar-refractivity contribution is 6.37. The standard InChI is InChI=1S/C46H32N4/c1-3-41-47-37-15-5-7-17-39(37)49(41)31-23-29-21-22-30-24-32(50-40-18-8-6-16-38(40)48-42(50)4-2)26-36-34-14-10-12-28-20-19-27-11-9-13-33(43(27)44(28)34)35(25-31)45(29)46(30)36/h5-26H,3-4H2,1-2H3. The van der Waals surface area contributed by atoms with Gasteiger partial charge >= 0.3 is 0 Å². The maximum atomic E-state index is 5.06. The van der Waals surface area contributed by atoms with Gasteiger partial charge in [-0.25, -0.2) is 9.97 Å². The first kappa shape index (κ1) is 27.7. The van der Waals surface area contributed by atoms with Crippen LogP contribution in [0.2, 0.25) is 0 Å². The lowest BCUT2D eigenvalue weighted by Gasteiger charge is -2.19. The zero-order chi connectivity index (χ0) is 33.1. The molecule has 0 N–H and O–H groups in total. The van der Waals surface area contributed by atoms with Crippen molar-refractivity contribution < 1.29 is 0 Å². The van der Waals surface area contributed by atoms with Gasteiger partial charge in [0.25, 0.3) is 0 Å². The molecule has 50 heavy (non-hydrogen) atoms. The van der Waals surface area contributed by atoms with Crippen molar-refractivity contribution in [1.82, 2.24) is 19.1 Å². The van der Waals surface area contributed by atoms with E-state index in [0.717, 1.165) is 57.9 Å². The largest absolute Gasteiger partial charge is 0.296 e. The molecular weight excluding hydrogens is 609 g/mol. The quantitative estimate of drug-likeness (QED) is 0.179. The number of nitrogens with zero attached hydrogens (tertiary/aromatic N) is 4. The molecule has 0 aliphatic carbocycles. The fourth-order valence-electron chi connectivity index (χ4n) is 8.79. The predicted molar refractivity (Wildman–Crippen MR) is 211 cm³/mol. The number of hydrogen-bond donors (Lipinski definition) is 0. The molecule has 2 aromatic heterocycles. The predicted octanol–water partition coefficient (Wildman–Crippen LogP) is 11.8. The van der Waals surface area contributed by atoms with E-state index < -0.39 is 0 Å². The first-order valence-corrected chi connectivity index (χ1v) is 17.6. The molecule has 0 unspecified atom stereocenters. The van der Waals surface area contributed by atoms with Gasteiger partial charge in [0, 0.05) is 24.2 Å². The van der Waals surface area contributed by atoms with Crippen LogP contribution in [0.25, 0.3) is 98.1 Å². The summed E-state index contributed by atoms with van der Waals surface area (Å²) in [7, 11) is 0. The Balaban J connectivity index is 1.39. The molecule has 9 aromatic carbocycles. The zero-order valence-electron chi connectivity index (χ0n) is 27.9. The Morgan fingerprint density at radius 1 is 0.400 bits per heavy atom. The monoisotopic (exact) mass is 640 g/mol. The molecule has 4 nitrogen and oxygen atoms in total. The molecule has 0 radical (unpaired) electrons. The minimum Gasteiger partial charge on any atom is -0.296 e. The van der Waals surface area contributed by atoms with E-state index in [0.29, 0.717) is 0 Å². The van der Waals surface area contributed by atoms with Crippen LogP contribution in [0, 0.1) is 0 Å². The van der Waals surface area contributed by atoms with Gasteiger partial charge in [-0.15, -0.1) is 0 Å². The molecule has 0 aliphatic heterocycles. The SMILES string of the molecule is CCc1nc2ccccc2n1-c1cc2ccc3cc(-n4c(CC)nc5ccccc54)cc4c5cccc6ccc7cccc(c(c1)c2c34)c7c65. The van der Waals surface area contributed by atoms with Gasteiger partial charge in [-0.1, -0.05) is 98.8 Å². The van der Waals surface area contributed by atoms with Gasteiger partial charge in [0.2, 0.25) is 0 Å². The maximum absolute atomic E-state index is 5.06. The van der Waals surface area contributed by atoms with Crippen LogP contribution in [-0.4, -0.2) is 19.1 Å². The Kier molecular flexibility index (Phi) is 5.60. The second kappa shape index (κ2) is 10.1. The van der Waals surface area contributed by atoms with Crippen molar-refractivity contribution in [3.05, 3.63) is 145 Å². The number of aromatic nitrogens is 4. The van der Waals surface area contributed by atoms with E-state index in [1.807, 2.05) is 0 Å². The third-order valence-electron chi connectivity index (χ3n) is 10.9. The zero-order valence-corrected chi connectivity index (χ0v) is 27.9. The average molecular weight is 641 g/mol. The second-order valence-corrected chi connectivity index (χ2v) is 13.5. The van der Waals surface area contributed by atoms with Crippen molar-refractivity contribution >= 4 is 86.7 Å². The maximum Gasteiger partial charge on any atom is 0.114 e. The van der Waals surface area contributed by atoms with E-state index in [-0.39, 0.29) is 0 Å². The summed E-state index contributed by atoms with van der Waals surface area (Å²) < 4.78 is 4.73. The number of benzene rings is 8. The van der Waals surface area contributed by atoms with Crippen molar-refractivity contribution in [3.8, 4) is 11.4 Å². The van der Waals surface area contributed by atoms with E-state index in [1.54, 1.807) is 0 Å². The van der Waals surface area contributed by atoms with Crippen LogP contribution in [0.5, 0.6) is 0 Å². The molecule has 0 saturated carbocycles. The molecule has 0 atom stereocenters. The van der Waals surface area contributed by atoms with Crippen molar-refractivity contribution in [1.29, 1.82) is 0 Å². The van der Waals surface area contributed by atoms with E-state index in [4.69, 9.17) is 9.97 Å². The van der Waals surface area contributed by atoms with E-state index in [1.165, 1.54) is 64.6 Å². The first-order valence-electron chi connectivity index (χ1n) is 17.6. The summed E-state index contributed by atoms with van der Waals surface area (Å²) in [5.74, 6) is 2.14. The van der Waals surface area contributed by atoms with Crippen LogP contribution in [0.15, 0.2) is 133 Å². The number of para-hydroxylation sites is 4. The van der Waals surface area contributed by atoms with E-state index in [9.17, 15) is 0 Å². The summed E-state index contributed by atoms with van der Waals surface area (Å²) in [6.45, 7) is 4.39. The van der Waals surface area contributed by atoms with Crippen LogP contribution in [0.4, 0.5) is 0 Å². The third kappa shape index (κ3) is 3.65. The van der Waals surface area contributed by atoms with Gasteiger partial charge in [-0.2, -0.15) is 0 Å². The molecule has 0 fully saturated rings. The molecule has 236 valence electrons. The summed E-state index contributed by atoms with van der Waals surface area (Å²) in [5, 5.41) is 15.2. The molecule has 0 amide bonds. The molecule has 4 heteroatoms. The van der Waals surface area contributed by atoms with Crippen LogP contribution < -0.4 is 0 Å². The molecule has 2 heterocycles. The van der Waals surface area contributed by atoms with Crippen molar-refractivity contribution in [2.24, 2.45) is 0 Å². The van der Waals surface area contributed by atoms with Gasteiger partial charge in [0.15, 0.2) is 0 Å². The Labute approximate surface area is 288 Å². The summed E-state index contributed by atoms with van der Waals surface area (Å²) in [6, 6.07) is 49.4. The molecule has 11 rings (SSSR count). The highest BCUT2D eigenvalue weighted by Crippen LogP contribution is 2.45. The summed E-state index contributed by atoms with van der Waals surface area (Å²) >= 11 is 0. The van der Waals surface area contributed by atoms with E-state index in [2.05, 4.69) is 156 Å². The molecule has 0 saturated heterocycles. The summed E-state index contributed by atoms with van der Waals surface area (Å²) in [6.07, 6.45) is 1.69. The highest BCUT2D eigenvalue weighted by atomic mass is 15.1. The molecule has 0 aliphatic rings. The normalized spacial score (nSPS) is 12.4. The summed E-state index contributed by atoms with van der Waals surface area (Å²) in [5.41, 5.74) is 6.62. The van der Waals surface area contributed by atoms with Crippen LogP contribution >= 0.6 is 0 Å². The lowest BCUT2D eigenvalue weighted by molar-refractivity contribution is 0.909. The topological polar surface area (TPSA) is 35.6 Å². The van der Waals surface area contributed by atoms with Crippen LogP contribution in [0.1, 0.15) is 25.5 Å². The highest BCUT2D eigenvalue weighted by Gasteiger charge is 2.20. The number of hydrogen-bond acceptors (Lipinski definition) is 2. The van der Waals surface area contributed by atoms with Crippen LogP contribution in [-0.2, 0) is 12.8 Å². The number of rotatable bonds is 4. The molecule has 0 spiro atoms. The minimum absolute atomic E-state index is 0.845. The smallest absolute Gasteiger partial charge is 0.114 e. The fourth-order valence-corrected chi connectivity index (χ4v) is 8.79. The Bertz CT molecular complexity index is 2960. The Morgan fingerprint density at radius 3 is 1.28 bits per heavy atom. The van der Waals surface area contributed by atoms with Gasteiger partial charge in [-0.05, 0) is 113 Å². The van der Waals surface area contributed by atoms with Gasteiger partial charge in [0.05, 0.1) is 22.1 Å². The summed E-state index contributed by atoms with van der Waals surface area (Å²) in [4.78, 5) is 10.1. The van der Waals surface area contributed by atoms with Crippen molar-refractivity contribution in [3.63, 3.8) is 0 Å². The lowest BCUT2D eigenvalue weighted by atomic mass is 9.87. The van der Waals surface area contributed by atoms with Crippen molar-refractivity contribution in [2.45, 2.75) is 26.7 Å². The van der Waals surface area contributed by atoms with Crippen LogP contribution in [0.3, 0.4) is 0 Å². The fraction of sp³-hybridized carbons (Fsp3) is 0.0870. The minimum atomic E-state index is 0.845. The molecule has 11 aromatic rings. The third-order valence-corrected chi connectivity index (χ3v) is 10.9. The van der Waals surface area contributed by atoms with Gasteiger partial charge in [0.1, 0.15) is 11.6 Å². The number of imidazole rings is 2. The molecule has 0 bridgehead atoms. The van der Waals surface area contributed by atoms with Gasteiger partial charge < -0.3 is 0 Å².